The Bertz CT molecular complexity index is 1560. The molecular weight excluding hydrogens is 636 g/mol. The van der Waals surface area contributed by atoms with Crippen LogP contribution in [-0.4, -0.2) is 62.5 Å². The van der Waals surface area contributed by atoms with Crippen LogP contribution in [0.25, 0.3) is 10.9 Å². The minimum atomic E-state index is -4.38. The highest BCUT2D eigenvalue weighted by atomic mass is 32.2. The lowest BCUT2D eigenvalue weighted by atomic mass is 9.75. The second kappa shape index (κ2) is 18.3. The number of rotatable bonds is 8. The monoisotopic (exact) mass is 683 g/mol. The van der Waals surface area contributed by atoms with Crippen molar-refractivity contribution in [3.63, 3.8) is 0 Å². The van der Waals surface area contributed by atoms with Gasteiger partial charge < -0.3 is 30.0 Å². The van der Waals surface area contributed by atoms with Crippen LogP contribution in [0.1, 0.15) is 64.5 Å². The van der Waals surface area contributed by atoms with Gasteiger partial charge in [0.15, 0.2) is 6.61 Å². The number of ether oxygens (including phenoxy) is 2. The standard InChI is InChI=1S/C28H29F3N4OS.C7H13NO.C2H6/c1-37-22-12-13-25(27(18-22)36-16-14-32)33-15-6-9-21-17-23-24(34-20-7-3-2-4-8-20)10-5-11-26(23)35(21)19-28(29,30)31;1-3-9-4-2-7(1)5-8-6-7;1-2/h5,10-13,17-18,20,33-34H,2-4,7-8,15-16,19H2,1H3;8H,1-6H2;1-2H3. The van der Waals surface area contributed by atoms with Gasteiger partial charge in [-0.25, -0.2) is 0 Å². The van der Waals surface area contributed by atoms with Crippen molar-refractivity contribution in [2.75, 3.05) is 56.3 Å². The van der Waals surface area contributed by atoms with E-state index >= 15 is 0 Å². The summed E-state index contributed by atoms with van der Waals surface area (Å²) in [6, 6.07) is 15.0. The fourth-order valence-corrected chi connectivity index (χ4v) is 6.68. The minimum Gasteiger partial charge on any atom is -0.477 e. The summed E-state index contributed by atoms with van der Waals surface area (Å²) in [6.07, 6.45) is 5.81. The number of halogens is 3. The number of nitrogens with one attached hydrogen (secondary N) is 3. The zero-order chi connectivity index (χ0) is 34.4. The quantitative estimate of drug-likeness (QED) is 0.162. The molecule has 260 valence electrons. The lowest BCUT2D eigenvalue weighted by Crippen LogP contribution is -2.55. The van der Waals surface area contributed by atoms with Gasteiger partial charge in [0.1, 0.15) is 18.4 Å². The number of nitriles is 1. The van der Waals surface area contributed by atoms with Crippen molar-refractivity contribution in [1.29, 1.82) is 5.26 Å². The second-order valence-corrected chi connectivity index (χ2v) is 13.0. The molecule has 3 heterocycles. The molecule has 1 saturated carbocycles. The van der Waals surface area contributed by atoms with Gasteiger partial charge in [-0.15, -0.1) is 11.8 Å². The lowest BCUT2D eigenvalue weighted by molar-refractivity contribution is -0.140. The van der Waals surface area contributed by atoms with Gasteiger partial charge in [0.05, 0.1) is 23.4 Å². The van der Waals surface area contributed by atoms with Gasteiger partial charge >= 0.3 is 6.18 Å². The Morgan fingerprint density at radius 1 is 1.06 bits per heavy atom. The first kappa shape index (κ1) is 37.3. The Morgan fingerprint density at radius 3 is 2.44 bits per heavy atom. The third-order valence-corrected chi connectivity index (χ3v) is 9.59. The molecule has 3 aromatic rings. The summed E-state index contributed by atoms with van der Waals surface area (Å²) in [6.45, 7) is 7.44. The van der Waals surface area contributed by atoms with Gasteiger partial charge in [-0.2, -0.15) is 18.4 Å². The molecule has 7 nitrogen and oxygen atoms in total. The SMILES string of the molecule is C1CC2(CCO1)CNC2.CC.CSc1ccc(NCC#Cc2cc3c(NC4CCCCC4)cccc3n2CC(F)(F)F)c(OCC#N)c1. The van der Waals surface area contributed by atoms with Gasteiger partial charge in [-0.1, -0.05) is 45.1 Å². The molecule has 11 heteroatoms. The van der Waals surface area contributed by atoms with E-state index in [9.17, 15) is 13.2 Å². The van der Waals surface area contributed by atoms with E-state index in [1.165, 1.54) is 36.9 Å². The molecule has 3 N–H and O–H groups in total. The van der Waals surface area contributed by atoms with Gasteiger partial charge in [0.25, 0.3) is 0 Å². The average molecular weight is 684 g/mol. The van der Waals surface area contributed by atoms with Gasteiger partial charge in [0, 0.05) is 48.3 Å². The zero-order valence-electron chi connectivity index (χ0n) is 28.3. The van der Waals surface area contributed by atoms with Crippen molar-refractivity contribution < 1.29 is 22.6 Å². The van der Waals surface area contributed by atoms with Gasteiger partial charge in [0.2, 0.25) is 0 Å². The van der Waals surface area contributed by atoms with Crippen LogP contribution >= 0.6 is 11.8 Å². The summed E-state index contributed by atoms with van der Waals surface area (Å²) >= 11 is 1.55. The van der Waals surface area contributed by atoms with E-state index in [1.807, 2.05) is 50.4 Å². The first-order valence-electron chi connectivity index (χ1n) is 16.9. The molecule has 0 bridgehead atoms. The van der Waals surface area contributed by atoms with Crippen LogP contribution < -0.4 is 20.7 Å². The largest absolute Gasteiger partial charge is 0.477 e. The van der Waals surface area contributed by atoms with Crippen LogP contribution in [0.15, 0.2) is 47.4 Å². The summed E-state index contributed by atoms with van der Waals surface area (Å²) in [7, 11) is 0. The second-order valence-electron chi connectivity index (χ2n) is 12.1. The molecule has 6 rings (SSSR count). The van der Waals surface area contributed by atoms with Crippen molar-refractivity contribution in [3.8, 4) is 23.7 Å². The maximum atomic E-state index is 13.5. The Kier molecular flexibility index (Phi) is 14.2. The summed E-state index contributed by atoms with van der Waals surface area (Å²) < 4.78 is 52.5. The Hall–Kier alpha value is -3.51. The summed E-state index contributed by atoms with van der Waals surface area (Å²) in [5.74, 6) is 6.42. The number of alkyl halides is 3. The summed E-state index contributed by atoms with van der Waals surface area (Å²) in [4.78, 5) is 0.985. The summed E-state index contributed by atoms with van der Waals surface area (Å²) in [5.41, 5.74) is 3.00. The van der Waals surface area contributed by atoms with Gasteiger partial charge in [-0.3, -0.25) is 0 Å². The van der Waals surface area contributed by atoms with Crippen molar-refractivity contribution in [1.82, 2.24) is 9.88 Å². The Labute approximate surface area is 287 Å². The van der Waals surface area contributed by atoms with E-state index in [2.05, 4.69) is 27.8 Å². The molecule has 0 atom stereocenters. The number of nitrogens with zero attached hydrogens (tertiary/aromatic N) is 2. The fraction of sp³-hybridized carbons (Fsp3) is 0.541. The van der Waals surface area contributed by atoms with E-state index in [-0.39, 0.29) is 13.2 Å². The number of fused-ring (bicyclic) bond motifs is 1. The third-order valence-electron chi connectivity index (χ3n) is 8.87. The molecule has 0 radical (unpaired) electrons. The smallest absolute Gasteiger partial charge is 0.406 e. The highest BCUT2D eigenvalue weighted by Crippen LogP contribution is 2.34. The number of aromatic nitrogens is 1. The fourth-order valence-electron chi connectivity index (χ4n) is 6.25. The molecule has 48 heavy (non-hydrogen) atoms. The number of hydrogen-bond acceptors (Lipinski definition) is 7. The first-order valence-corrected chi connectivity index (χ1v) is 18.2. The molecule has 2 aliphatic heterocycles. The molecule has 1 aromatic heterocycles. The predicted octanol–water partition coefficient (Wildman–Crippen LogP) is 8.45. The van der Waals surface area contributed by atoms with Crippen molar-refractivity contribution >= 4 is 34.0 Å². The van der Waals surface area contributed by atoms with Crippen LogP contribution in [0, 0.1) is 28.6 Å². The van der Waals surface area contributed by atoms with Crippen LogP contribution in [0.2, 0.25) is 0 Å². The van der Waals surface area contributed by atoms with E-state index in [0.717, 1.165) is 54.9 Å². The topological polar surface area (TPSA) is 83.3 Å². The number of benzene rings is 2. The van der Waals surface area contributed by atoms with E-state index in [1.54, 1.807) is 30.0 Å². The van der Waals surface area contributed by atoms with Crippen LogP contribution in [0.3, 0.4) is 0 Å². The van der Waals surface area contributed by atoms with Crippen LogP contribution in [-0.2, 0) is 11.3 Å². The molecule has 1 spiro atoms. The van der Waals surface area contributed by atoms with E-state index < -0.39 is 12.7 Å². The first-order chi connectivity index (χ1) is 23.3. The van der Waals surface area contributed by atoms with Gasteiger partial charge in [-0.05, 0) is 79.7 Å². The molecule has 3 aliphatic rings. The van der Waals surface area contributed by atoms with Crippen molar-refractivity contribution in [3.05, 3.63) is 48.2 Å². The molecular formula is C37H48F3N5O2S. The Balaban J connectivity index is 0.000000399. The Morgan fingerprint density at radius 2 is 1.81 bits per heavy atom. The van der Waals surface area contributed by atoms with Crippen LogP contribution in [0.4, 0.5) is 24.5 Å². The number of thioether (sulfide) groups is 1. The van der Waals surface area contributed by atoms with E-state index in [4.69, 9.17) is 14.7 Å². The third kappa shape index (κ3) is 10.5. The molecule has 2 aromatic carbocycles. The van der Waals surface area contributed by atoms with Crippen molar-refractivity contribution in [2.45, 2.75) is 82.5 Å². The minimum absolute atomic E-state index is 0.0903. The van der Waals surface area contributed by atoms with E-state index in [0.29, 0.717) is 34.1 Å². The number of hydrogen-bond donors (Lipinski definition) is 3. The van der Waals surface area contributed by atoms with Crippen LogP contribution in [0.5, 0.6) is 5.75 Å². The molecule has 0 unspecified atom stereocenters. The lowest BCUT2D eigenvalue weighted by Gasteiger charge is -2.45. The molecule has 3 fully saturated rings. The maximum Gasteiger partial charge on any atom is 0.406 e. The maximum absolute atomic E-state index is 13.5. The average Bonchev–Trinajstić information content (AvgIpc) is 3.43. The number of anilines is 2. The zero-order valence-corrected chi connectivity index (χ0v) is 29.1. The summed E-state index contributed by atoms with van der Waals surface area (Å²) in [5, 5.41) is 19.6. The highest BCUT2D eigenvalue weighted by Gasteiger charge is 2.37. The predicted molar refractivity (Wildman–Crippen MR) is 190 cm³/mol. The van der Waals surface area contributed by atoms with Crippen molar-refractivity contribution in [2.24, 2.45) is 5.41 Å². The molecule has 0 amide bonds. The normalized spacial score (nSPS) is 16.9. The highest BCUT2D eigenvalue weighted by molar-refractivity contribution is 7.98. The molecule has 1 aliphatic carbocycles. The molecule has 2 saturated heterocycles.